The minimum absolute atomic E-state index is 0.267. The molecular formula is C11H22N2O4S. The molecule has 1 unspecified atom stereocenters. The van der Waals surface area contributed by atoms with Crippen LogP contribution in [0.15, 0.2) is 0 Å². The minimum atomic E-state index is -1.07. The molecule has 0 spiro atoms. The van der Waals surface area contributed by atoms with E-state index in [4.69, 9.17) is 5.11 Å². The first-order valence-corrected chi connectivity index (χ1v) is 7.29. The Hall–Kier alpha value is -1.11. The molecule has 0 rings (SSSR count). The molecule has 106 valence electrons. The Morgan fingerprint density at radius 3 is 2.28 bits per heavy atom. The summed E-state index contributed by atoms with van der Waals surface area (Å²) >= 11 is 0. The lowest BCUT2D eigenvalue weighted by atomic mass is 9.87. The Morgan fingerprint density at radius 1 is 1.33 bits per heavy atom. The number of aliphatic carboxylic acids is 1. The van der Waals surface area contributed by atoms with Crippen LogP contribution in [0.4, 0.5) is 4.79 Å². The first-order chi connectivity index (χ1) is 8.18. The number of hydrogen-bond acceptors (Lipinski definition) is 3. The number of carboxylic acid groups (broad SMARTS) is 1. The SMILES string of the molecule is CCS(=O)CCNC(=O)N[C@H](C(=O)O)C(C)(C)C. The summed E-state index contributed by atoms with van der Waals surface area (Å²) in [4.78, 5) is 22.5. The topological polar surface area (TPSA) is 95.5 Å². The second kappa shape index (κ2) is 7.35. The standard InChI is InChI=1S/C11H22N2O4S/c1-5-18(17)7-6-12-10(16)13-8(9(14)15)11(2,3)4/h8H,5-7H2,1-4H3,(H,14,15)(H2,12,13,16)/t8-,18?/m1/s1. The molecular weight excluding hydrogens is 256 g/mol. The first kappa shape index (κ1) is 16.9. The molecule has 7 heteroatoms. The Morgan fingerprint density at radius 2 is 1.89 bits per heavy atom. The molecule has 0 saturated carbocycles. The first-order valence-electron chi connectivity index (χ1n) is 5.80. The monoisotopic (exact) mass is 278 g/mol. The van der Waals surface area contributed by atoms with Gasteiger partial charge in [0, 0.05) is 28.9 Å². The van der Waals surface area contributed by atoms with Crippen LogP contribution in [0.1, 0.15) is 27.7 Å². The highest BCUT2D eigenvalue weighted by molar-refractivity contribution is 7.84. The fourth-order valence-corrected chi connectivity index (χ4v) is 1.87. The van der Waals surface area contributed by atoms with Gasteiger partial charge in [0.15, 0.2) is 0 Å². The predicted molar refractivity (Wildman–Crippen MR) is 71.0 cm³/mol. The van der Waals surface area contributed by atoms with Gasteiger partial charge in [-0.2, -0.15) is 0 Å². The van der Waals surface area contributed by atoms with Crippen LogP contribution in [0.3, 0.4) is 0 Å². The molecule has 0 radical (unpaired) electrons. The van der Waals surface area contributed by atoms with Gasteiger partial charge in [0.1, 0.15) is 6.04 Å². The summed E-state index contributed by atoms with van der Waals surface area (Å²) in [7, 11) is -0.941. The predicted octanol–water partition coefficient (Wildman–Crippen LogP) is 0.554. The lowest BCUT2D eigenvalue weighted by Gasteiger charge is -2.27. The third-order valence-electron chi connectivity index (χ3n) is 2.33. The summed E-state index contributed by atoms with van der Waals surface area (Å²) in [5.41, 5.74) is -0.574. The van der Waals surface area contributed by atoms with E-state index >= 15 is 0 Å². The largest absolute Gasteiger partial charge is 0.480 e. The van der Waals surface area contributed by atoms with E-state index in [9.17, 15) is 13.8 Å². The zero-order valence-electron chi connectivity index (χ0n) is 11.3. The van der Waals surface area contributed by atoms with E-state index in [0.717, 1.165) is 0 Å². The molecule has 2 amide bonds. The Labute approximate surface area is 110 Å². The molecule has 3 N–H and O–H groups in total. The van der Waals surface area contributed by atoms with Crippen molar-refractivity contribution < 1.29 is 18.9 Å². The van der Waals surface area contributed by atoms with Gasteiger partial charge >= 0.3 is 12.0 Å². The second-order valence-electron chi connectivity index (χ2n) is 4.97. The van der Waals surface area contributed by atoms with Gasteiger partial charge in [-0.15, -0.1) is 0 Å². The number of carbonyl (C=O) groups is 2. The number of carbonyl (C=O) groups excluding carboxylic acids is 1. The van der Waals surface area contributed by atoms with Crippen LogP contribution in [-0.4, -0.2) is 45.4 Å². The maximum Gasteiger partial charge on any atom is 0.326 e. The lowest BCUT2D eigenvalue weighted by molar-refractivity contribution is -0.141. The fraction of sp³-hybridized carbons (Fsp3) is 0.818. The third kappa shape index (κ3) is 6.58. The van der Waals surface area contributed by atoms with E-state index in [1.807, 2.05) is 0 Å². The number of rotatable bonds is 6. The van der Waals surface area contributed by atoms with Crippen molar-refractivity contribution in [2.75, 3.05) is 18.1 Å². The van der Waals surface area contributed by atoms with Crippen LogP contribution in [-0.2, 0) is 15.6 Å². The average Bonchev–Trinajstić information content (AvgIpc) is 2.23. The summed E-state index contributed by atoms with van der Waals surface area (Å²) < 4.78 is 11.1. The molecule has 0 aromatic carbocycles. The van der Waals surface area contributed by atoms with Gasteiger partial charge in [-0.25, -0.2) is 9.59 Å². The molecule has 0 aliphatic rings. The summed E-state index contributed by atoms with van der Waals surface area (Å²) in [6, 6.07) is -1.51. The number of hydrogen-bond donors (Lipinski definition) is 3. The zero-order chi connectivity index (χ0) is 14.3. The Kier molecular flexibility index (Phi) is 6.90. The number of carboxylic acids is 1. The third-order valence-corrected chi connectivity index (χ3v) is 3.63. The minimum Gasteiger partial charge on any atom is -0.480 e. The van der Waals surface area contributed by atoms with E-state index in [1.165, 1.54) is 0 Å². The van der Waals surface area contributed by atoms with Crippen LogP contribution in [0.2, 0.25) is 0 Å². The number of amides is 2. The number of nitrogens with one attached hydrogen (secondary N) is 2. The van der Waals surface area contributed by atoms with E-state index in [2.05, 4.69) is 10.6 Å². The van der Waals surface area contributed by atoms with Crippen LogP contribution in [0, 0.1) is 5.41 Å². The highest BCUT2D eigenvalue weighted by Crippen LogP contribution is 2.19. The van der Waals surface area contributed by atoms with E-state index < -0.39 is 34.3 Å². The second-order valence-corrected chi connectivity index (χ2v) is 6.84. The fourth-order valence-electron chi connectivity index (χ4n) is 1.25. The van der Waals surface area contributed by atoms with Crippen molar-refractivity contribution in [3.05, 3.63) is 0 Å². The van der Waals surface area contributed by atoms with E-state index in [0.29, 0.717) is 11.5 Å². The van der Waals surface area contributed by atoms with Crippen molar-refractivity contribution >= 4 is 22.8 Å². The van der Waals surface area contributed by atoms with Crippen molar-refractivity contribution in [3.8, 4) is 0 Å². The van der Waals surface area contributed by atoms with Gasteiger partial charge in [-0.3, -0.25) is 4.21 Å². The Balaban J connectivity index is 4.20. The maximum absolute atomic E-state index is 11.5. The molecule has 0 aromatic heterocycles. The summed E-state index contributed by atoms with van der Waals surface area (Å²) in [6.45, 7) is 7.27. The molecule has 0 saturated heterocycles. The molecule has 2 atom stereocenters. The van der Waals surface area contributed by atoms with Gasteiger partial charge in [0.2, 0.25) is 0 Å². The molecule has 0 aliphatic carbocycles. The van der Waals surface area contributed by atoms with Crippen molar-refractivity contribution in [2.45, 2.75) is 33.7 Å². The molecule has 18 heavy (non-hydrogen) atoms. The molecule has 6 nitrogen and oxygen atoms in total. The highest BCUT2D eigenvalue weighted by atomic mass is 32.2. The molecule has 0 bridgehead atoms. The van der Waals surface area contributed by atoms with Crippen LogP contribution in [0.5, 0.6) is 0 Å². The summed E-state index contributed by atoms with van der Waals surface area (Å²) in [6.07, 6.45) is 0. The van der Waals surface area contributed by atoms with E-state index in [1.54, 1.807) is 27.7 Å². The average molecular weight is 278 g/mol. The van der Waals surface area contributed by atoms with Crippen molar-refractivity contribution in [1.29, 1.82) is 0 Å². The van der Waals surface area contributed by atoms with E-state index in [-0.39, 0.29) is 6.54 Å². The summed E-state index contributed by atoms with van der Waals surface area (Å²) in [5.74, 6) is -0.157. The van der Waals surface area contributed by atoms with Crippen LogP contribution in [0.25, 0.3) is 0 Å². The van der Waals surface area contributed by atoms with Crippen LogP contribution >= 0.6 is 0 Å². The Bertz CT molecular complexity index is 325. The van der Waals surface area contributed by atoms with Gasteiger partial charge in [-0.1, -0.05) is 27.7 Å². The zero-order valence-corrected chi connectivity index (χ0v) is 12.1. The molecule has 0 aliphatic heterocycles. The quantitative estimate of drug-likeness (QED) is 0.661. The molecule has 0 aromatic rings. The normalized spacial score (nSPS) is 14.7. The smallest absolute Gasteiger partial charge is 0.326 e. The molecule has 0 heterocycles. The van der Waals surface area contributed by atoms with Crippen LogP contribution < -0.4 is 10.6 Å². The van der Waals surface area contributed by atoms with Crippen molar-refractivity contribution in [3.63, 3.8) is 0 Å². The van der Waals surface area contributed by atoms with Gasteiger partial charge in [0.05, 0.1) is 0 Å². The summed E-state index contributed by atoms with van der Waals surface area (Å²) in [5, 5.41) is 13.9. The van der Waals surface area contributed by atoms with Gasteiger partial charge in [-0.05, 0) is 5.41 Å². The maximum atomic E-state index is 11.5. The van der Waals surface area contributed by atoms with Gasteiger partial charge < -0.3 is 15.7 Å². The molecule has 0 fully saturated rings. The van der Waals surface area contributed by atoms with Crippen molar-refractivity contribution in [2.24, 2.45) is 5.41 Å². The highest BCUT2D eigenvalue weighted by Gasteiger charge is 2.32. The lowest BCUT2D eigenvalue weighted by Crippen LogP contribution is -2.52. The van der Waals surface area contributed by atoms with Gasteiger partial charge in [0.25, 0.3) is 0 Å². The van der Waals surface area contributed by atoms with Crippen molar-refractivity contribution in [1.82, 2.24) is 10.6 Å². The number of urea groups is 1.